The van der Waals surface area contributed by atoms with Gasteiger partial charge in [-0.1, -0.05) is 62.7 Å². The van der Waals surface area contributed by atoms with E-state index in [1.54, 1.807) is 11.3 Å². The van der Waals surface area contributed by atoms with Crippen LogP contribution in [0.1, 0.15) is 120 Å². The van der Waals surface area contributed by atoms with Crippen LogP contribution < -0.4 is 10.6 Å². The number of aliphatic hydroxyl groups is 1. The highest BCUT2D eigenvalue weighted by molar-refractivity contribution is 7.13. The predicted octanol–water partition coefficient (Wildman–Crippen LogP) is 8.30. The first kappa shape index (κ1) is 58.9. The van der Waals surface area contributed by atoms with Crippen molar-refractivity contribution in [1.29, 1.82) is 0 Å². The molecule has 3 aromatic rings. The summed E-state index contributed by atoms with van der Waals surface area (Å²) >= 11 is 1.64. The lowest BCUT2D eigenvalue weighted by atomic mass is 9.82. The summed E-state index contributed by atoms with van der Waals surface area (Å²) in [6.07, 6.45) is 7.24. The SMILES string of the molecule is CC1CCCN1C=O.Cc1cc(C)c(/C(C(=O)O)=C(\O)C2CCC(OCCN3CCN(CCOCCOCC(=O)NC(C)C(C)(C)C)CC3)CC2)c(C)c1.Cc1ncsc1-c1ccc(C(C)NC=O)cc1. The van der Waals surface area contributed by atoms with Crippen LogP contribution in [-0.4, -0.2) is 152 Å². The Morgan fingerprint density at radius 2 is 1.45 bits per heavy atom. The van der Waals surface area contributed by atoms with E-state index in [2.05, 4.69) is 65.2 Å². The molecule has 2 saturated heterocycles. The molecule has 3 heterocycles. The van der Waals surface area contributed by atoms with Crippen molar-refractivity contribution >= 4 is 41.6 Å². The molecule has 1 aromatic heterocycles. The highest BCUT2D eigenvalue weighted by Crippen LogP contribution is 2.36. The largest absolute Gasteiger partial charge is 0.511 e. The van der Waals surface area contributed by atoms with Crippen molar-refractivity contribution in [3.8, 4) is 10.4 Å². The van der Waals surface area contributed by atoms with Crippen molar-refractivity contribution in [1.82, 2.24) is 30.3 Å². The monoisotopic (exact) mass is 1000 g/mol. The number of carbonyl (C=O) groups is 4. The number of carboxylic acid groups (broad SMARTS) is 1. The van der Waals surface area contributed by atoms with Crippen molar-refractivity contribution in [2.24, 2.45) is 11.3 Å². The zero-order chi connectivity index (χ0) is 52.1. The summed E-state index contributed by atoms with van der Waals surface area (Å²) in [5.41, 5.74) is 8.71. The van der Waals surface area contributed by atoms with E-state index in [1.165, 1.54) is 23.3 Å². The molecule has 3 fully saturated rings. The summed E-state index contributed by atoms with van der Waals surface area (Å²) in [6.45, 7) is 29.1. The van der Waals surface area contributed by atoms with Gasteiger partial charge in [0.05, 0.1) is 54.7 Å². The van der Waals surface area contributed by atoms with Crippen LogP contribution in [0.15, 0.2) is 47.7 Å². The number of amides is 3. The van der Waals surface area contributed by atoms with E-state index in [-0.39, 0.29) is 53.4 Å². The van der Waals surface area contributed by atoms with Crippen LogP contribution in [0, 0.1) is 39.0 Å². The van der Waals surface area contributed by atoms with Gasteiger partial charge in [0.1, 0.15) is 17.9 Å². The summed E-state index contributed by atoms with van der Waals surface area (Å²) in [4.78, 5) is 56.9. The summed E-state index contributed by atoms with van der Waals surface area (Å²) in [6, 6.07) is 12.8. The summed E-state index contributed by atoms with van der Waals surface area (Å²) < 4.78 is 17.4. The minimum Gasteiger partial charge on any atom is -0.511 e. The molecule has 3 amide bonds. The summed E-state index contributed by atoms with van der Waals surface area (Å²) in [5.74, 6) is -1.33. The Kier molecular flexibility index (Phi) is 24.6. The molecule has 2 aliphatic heterocycles. The lowest BCUT2D eigenvalue weighted by Gasteiger charge is -2.35. The van der Waals surface area contributed by atoms with Gasteiger partial charge >= 0.3 is 5.97 Å². The van der Waals surface area contributed by atoms with Crippen LogP contribution in [0.4, 0.5) is 0 Å². The van der Waals surface area contributed by atoms with Crippen molar-refractivity contribution in [2.75, 3.05) is 78.8 Å². The van der Waals surface area contributed by atoms with Gasteiger partial charge < -0.3 is 40.0 Å². The maximum atomic E-state index is 12.2. The minimum atomic E-state index is -1.08. The Morgan fingerprint density at radius 3 is 1.96 bits per heavy atom. The molecular weight excluding hydrogens is 921 g/mol. The van der Waals surface area contributed by atoms with Gasteiger partial charge in [-0.05, 0) is 120 Å². The smallest absolute Gasteiger partial charge is 0.339 e. The van der Waals surface area contributed by atoms with E-state index in [0.717, 1.165) is 112 Å². The Hall–Kier alpha value is -4.71. The molecule has 0 bridgehead atoms. The highest BCUT2D eigenvalue weighted by Gasteiger charge is 2.30. The van der Waals surface area contributed by atoms with Crippen LogP contribution in [0.2, 0.25) is 0 Å². The van der Waals surface area contributed by atoms with Crippen molar-refractivity contribution in [2.45, 2.75) is 132 Å². The first-order valence-electron chi connectivity index (χ1n) is 25.5. The number of benzene rings is 2. The molecule has 1 aliphatic carbocycles. The van der Waals surface area contributed by atoms with Crippen LogP contribution in [0.25, 0.3) is 16.0 Å². The minimum absolute atomic E-state index is 0.00315. The van der Waals surface area contributed by atoms with E-state index < -0.39 is 5.97 Å². The third-order valence-corrected chi connectivity index (χ3v) is 15.0. The Labute approximate surface area is 427 Å². The van der Waals surface area contributed by atoms with Gasteiger partial charge in [0, 0.05) is 63.8 Å². The molecule has 2 aromatic carbocycles. The molecule has 6 rings (SSSR count). The lowest BCUT2D eigenvalue weighted by molar-refractivity contribution is -0.130. The van der Waals surface area contributed by atoms with Gasteiger partial charge in [-0.25, -0.2) is 9.78 Å². The lowest BCUT2D eigenvalue weighted by Crippen LogP contribution is -2.48. The van der Waals surface area contributed by atoms with E-state index in [1.807, 2.05) is 76.2 Å². The molecule has 3 unspecified atom stereocenters. The van der Waals surface area contributed by atoms with E-state index in [0.29, 0.717) is 38.0 Å². The zero-order valence-corrected chi connectivity index (χ0v) is 45.1. The average Bonchev–Trinajstić information content (AvgIpc) is 3.97. The molecule has 3 aliphatic rings. The number of hydrogen-bond acceptors (Lipinski definition) is 12. The molecule has 4 N–H and O–H groups in total. The third-order valence-electron chi connectivity index (χ3n) is 14.0. The van der Waals surface area contributed by atoms with E-state index >= 15 is 0 Å². The number of nitrogens with one attached hydrogen (secondary N) is 2. The maximum Gasteiger partial charge on any atom is 0.339 e. The second-order valence-corrected chi connectivity index (χ2v) is 21.3. The first-order valence-corrected chi connectivity index (χ1v) is 26.4. The fraction of sp³-hybridized carbons (Fsp3) is 0.618. The molecular formula is C55H84N6O9S. The van der Waals surface area contributed by atoms with Gasteiger partial charge in [0.2, 0.25) is 18.7 Å². The third kappa shape index (κ3) is 19.3. The van der Waals surface area contributed by atoms with Crippen LogP contribution in [0.3, 0.4) is 0 Å². The second kappa shape index (κ2) is 29.7. The van der Waals surface area contributed by atoms with Crippen LogP contribution >= 0.6 is 11.3 Å². The van der Waals surface area contributed by atoms with Crippen molar-refractivity contribution < 1.29 is 43.6 Å². The number of allylic oxidation sites excluding steroid dienone is 1. The van der Waals surface area contributed by atoms with Crippen molar-refractivity contribution in [3.63, 3.8) is 0 Å². The number of aliphatic hydroxyl groups excluding tert-OH is 1. The molecule has 3 atom stereocenters. The molecule has 0 spiro atoms. The number of rotatable bonds is 21. The van der Waals surface area contributed by atoms with Gasteiger partial charge in [-0.15, -0.1) is 11.3 Å². The Bertz CT molecular complexity index is 2120. The van der Waals surface area contributed by atoms with Gasteiger partial charge in [-0.3, -0.25) is 24.2 Å². The van der Waals surface area contributed by atoms with E-state index in [4.69, 9.17) is 14.2 Å². The Morgan fingerprint density at radius 1 is 0.845 bits per heavy atom. The van der Waals surface area contributed by atoms with E-state index in [9.17, 15) is 29.4 Å². The standard InChI is InChI=1S/C36H59N3O7.C13H14N2OS.C6H11NO/c1-25-22-26(2)32(27(3)23-25)33(35(42)43)34(41)29-8-10-30(11-9-29)46-19-17-39-14-12-38(13-15-39)16-18-44-20-21-45-24-31(40)37-28(4)36(5,6)7;1-9(14-7-16)11-3-5-12(6-4-11)13-10(2)15-8-17-13;1-6-3-2-4-7(6)5-8/h22-23,28-30,41H,8-21,24H2,1-7H3,(H,37,40)(H,42,43);3-9H,1-2H3,(H,14,16);5-6H,2-4H2,1H3/b34-33+;;. The number of likely N-dealkylation sites (tertiary alicyclic amines) is 1. The number of piperazine rings is 1. The first-order chi connectivity index (χ1) is 33.8. The average molecular weight is 1010 g/mol. The number of carbonyl (C=O) groups excluding carboxylic acids is 3. The number of aryl methyl sites for hydroxylation is 4. The quantitative estimate of drug-likeness (QED) is 0.0347. The number of thiazole rings is 1. The molecule has 0 radical (unpaired) electrons. The Balaban J connectivity index is 0.000000352. The maximum absolute atomic E-state index is 12.2. The normalized spacial score (nSPS) is 19.8. The molecule has 1 saturated carbocycles. The number of carboxylic acids is 1. The van der Waals surface area contributed by atoms with Crippen LogP contribution in [0.5, 0.6) is 0 Å². The number of ether oxygens (including phenoxy) is 3. The van der Waals surface area contributed by atoms with Gasteiger partial charge in [0.25, 0.3) is 0 Å². The molecule has 71 heavy (non-hydrogen) atoms. The van der Waals surface area contributed by atoms with Gasteiger partial charge in [0.15, 0.2) is 0 Å². The highest BCUT2D eigenvalue weighted by atomic mass is 32.1. The topological polar surface area (TPSA) is 183 Å². The predicted molar refractivity (Wildman–Crippen MR) is 282 cm³/mol. The number of nitrogens with zero attached hydrogens (tertiary/aromatic N) is 4. The molecule has 16 heteroatoms. The van der Waals surface area contributed by atoms with Gasteiger partial charge in [-0.2, -0.15) is 0 Å². The molecule has 394 valence electrons. The number of aromatic nitrogens is 1. The zero-order valence-electron chi connectivity index (χ0n) is 44.3. The van der Waals surface area contributed by atoms with Crippen molar-refractivity contribution in [3.05, 3.63) is 81.2 Å². The summed E-state index contributed by atoms with van der Waals surface area (Å²) in [7, 11) is 0. The fourth-order valence-corrected chi connectivity index (χ4v) is 9.91. The number of aliphatic carboxylic acids is 1. The second-order valence-electron chi connectivity index (χ2n) is 20.4. The van der Waals surface area contributed by atoms with Crippen LogP contribution in [-0.2, 0) is 33.4 Å². The summed E-state index contributed by atoms with van der Waals surface area (Å²) in [5, 5.41) is 26.8. The fourth-order valence-electron chi connectivity index (χ4n) is 9.10. The molecule has 15 nitrogen and oxygen atoms in total. The number of hydrogen-bond donors (Lipinski definition) is 4.